The van der Waals surface area contributed by atoms with Gasteiger partial charge in [-0.05, 0) is 36.8 Å². The number of hydrogen-bond acceptors (Lipinski definition) is 2. The molecular weight excluding hydrogens is 247 g/mol. The number of phenolic OH excluding ortho intramolecular Hbond substituents is 1. The number of rotatable bonds is 2. The van der Waals surface area contributed by atoms with Crippen molar-refractivity contribution in [1.82, 2.24) is 0 Å². The monoisotopic (exact) mass is 260 g/mol. The molecule has 98 valence electrons. The summed E-state index contributed by atoms with van der Waals surface area (Å²) in [5.41, 5.74) is 1.53. The summed E-state index contributed by atoms with van der Waals surface area (Å²) in [5, 5.41) is 14.6. The Morgan fingerprint density at radius 2 is 1.79 bits per heavy atom. The predicted molar refractivity (Wildman–Crippen MR) is 71.9 cm³/mol. The topological polar surface area (TPSA) is 61.4 Å². The van der Waals surface area contributed by atoms with Crippen LogP contribution in [-0.2, 0) is 0 Å². The van der Waals surface area contributed by atoms with Crippen molar-refractivity contribution in [3.8, 4) is 5.75 Å². The summed E-state index contributed by atoms with van der Waals surface area (Å²) in [6.45, 7) is 1.76. The van der Waals surface area contributed by atoms with Crippen molar-refractivity contribution in [2.45, 2.75) is 6.92 Å². The lowest BCUT2D eigenvalue weighted by molar-refractivity contribution is 0.262. The quantitative estimate of drug-likeness (QED) is 0.774. The Bertz CT molecular complexity index is 614. The van der Waals surface area contributed by atoms with Gasteiger partial charge in [0.25, 0.3) is 0 Å². The van der Waals surface area contributed by atoms with Crippen LogP contribution in [0.2, 0.25) is 0 Å². The highest BCUT2D eigenvalue weighted by atomic mass is 19.1. The minimum atomic E-state index is -0.506. The first-order valence-electron chi connectivity index (χ1n) is 5.68. The zero-order chi connectivity index (χ0) is 13.8. The summed E-state index contributed by atoms with van der Waals surface area (Å²) in [6, 6.07) is 9.88. The summed E-state index contributed by atoms with van der Waals surface area (Å²) in [6.07, 6.45) is 0. The molecule has 2 aromatic rings. The second kappa shape index (κ2) is 5.39. The molecule has 0 aliphatic heterocycles. The van der Waals surface area contributed by atoms with E-state index in [4.69, 9.17) is 0 Å². The lowest BCUT2D eigenvalue weighted by atomic mass is 10.2. The van der Waals surface area contributed by atoms with Gasteiger partial charge in [-0.1, -0.05) is 12.1 Å². The van der Waals surface area contributed by atoms with Gasteiger partial charge < -0.3 is 15.7 Å². The smallest absolute Gasteiger partial charge is 0.323 e. The minimum absolute atomic E-state index is 0.101. The second-order valence-electron chi connectivity index (χ2n) is 4.09. The number of aromatic hydroxyl groups is 1. The highest BCUT2D eigenvalue weighted by molar-refractivity contribution is 5.99. The normalized spacial score (nSPS) is 10.0. The predicted octanol–water partition coefficient (Wildman–Crippen LogP) is 3.48. The lowest BCUT2D eigenvalue weighted by Gasteiger charge is -2.08. The third-order valence-corrected chi connectivity index (χ3v) is 2.55. The third-order valence-electron chi connectivity index (χ3n) is 2.55. The number of hydrogen-bond donors (Lipinski definition) is 3. The molecule has 0 aliphatic rings. The number of benzene rings is 2. The number of urea groups is 1. The SMILES string of the molecule is Cc1ccc(NC(=O)Nc2cccc(F)c2)cc1O. The standard InChI is InChI=1S/C14H13FN2O2/c1-9-5-6-12(8-13(9)18)17-14(19)16-11-4-2-3-10(15)7-11/h2-8,18H,1H3,(H2,16,17,19). The van der Waals surface area contributed by atoms with Gasteiger partial charge in [-0.15, -0.1) is 0 Å². The number of anilines is 2. The van der Waals surface area contributed by atoms with Crippen molar-refractivity contribution in [3.05, 3.63) is 53.8 Å². The fraction of sp³-hybridized carbons (Fsp3) is 0.0714. The van der Waals surface area contributed by atoms with E-state index in [1.807, 2.05) is 0 Å². The highest BCUT2D eigenvalue weighted by Crippen LogP contribution is 2.21. The van der Waals surface area contributed by atoms with E-state index in [0.717, 1.165) is 5.56 Å². The van der Waals surface area contributed by atoms with E-state index in [1.54, 1.807) is 25.1 Å². The Labute approximate surface area is 109 Å². The molecule has 2 rings (SSSR count). The molecule has 0 saturated heterocycles. The number of halogens is 1. The molecule has 2 amide bonds. The van der Waals surface area contributed by atoms with Crippen molar-refractivity contribution >= 4 is 17.4 Å². The van der Waals surface area contributed by atoms with Crippen LogP contribution in [-0.4, -0.2) is 11.1 Å². The first-order chi connectivity index (χ1) is 9.04. The zero-order valence-electron chi connectivity index (χ0n) is 10.3. The fourth-order valence-electron chi connectivity index (χ4n) is 1.55. The maximum absolute atomic E-state index is 12.9. The van der Waals surface area contributed by atoms with Crippen molar-refractivity contribution < 1.29 is 14.3 Å². The number of aryl methyl sites for hydroxylation is 1. The summed E-state index contributed by atoms with van der Waals surface area (Å²) >= 11 is 0. The van der Waals surface area contributed by atoms with Gasteiger partial charge in [-0.25, -0.2) is 9.18 Å². The number of nitrogens with one attached hydrogen (secondary N) is 2. The molecule has 2 aromatic carbocycles. The van der Waals surface area contributed by atoms with E-state index in [2.05, 4.69) is 10.6 Å². The molecule has 0 saturated carbocycles. The van der Waals surface area contributed by atoms with Crippen LogP contribution in [0.25, 0.3) is 0 Å². The average molecular weight is 260 g/mol. The van der Waals surface area contributed by atoms with Crippen molar-refractivity contribution in [2.75, 3.05) is 10.6 Å². The molecule has 4 nitrogen and oxygen atoms in total. The molecule has 19 heavy (non-hydrogen) atoms. The Kier molecular flexibility index (Phi) is 3.66. The van der Waals surface area contributed by atoms with Gasteiger partial charge in [0.2, 0.25) is 0 Å². The van der Waals surface area contributed by atoms with Gasteiger partial charge in [0.05, 0.1) is 0 Å². The molecule has 3 N–H and O–H groups in total. The second-order valence-corrected chi connectivity index (χ2v) is 4.09. The molecular formula is C14H13FN2O2. The molecule has 5 heteroatoms. The first-order valence-corrected chi connectivity index (χ1v) is 5.68. The Balaban J connectivity index is 2.03. The van der Waals surface area contributed by atoms with Crippen molar-refractivity contribution in [2.24, 2.45) is 0 Å². The van der Waals surface area contributed by atoms with Crippen LogP contribution >= 0.6 is 0 Å². The molecule has 0 radical (unpaired) electrons. The van der Waals surface area contributed by atoms with Gasteiger partial charge >= 0.3 is 6.03 Å². The van der Waals surface area contributed by atoms with Crippen LogP contribution in [0.5, 0.6) is 5.75 Å². The molecule has 0 aromatic heterocycles. The van der Waals surface area contributed by atoms with Gasteiger partial charge in [-0.2, -0.15) is 0 Å². The summed E-state index contributed by atoms with van der Waals surface area (Å²) in [5.74, 6) is -0.325. The number of carbonyl (C=O) groups is 1. The molecule has 0 fully saturated rings. The van der Waals surface area contributed by atoms with E-state index in [-0.39, 0.29) is 5.75 Å². The van der Waals surface area contributed by atoms with Crippen LogP contribution in [0.1, 0.15) is 5.56 Å². The zero-order valence-corrected chi connectivity index (χ0v) is 10.3. The molecule has 0 atom stereocenters. The molecule has 0 unspecified atom stereocenters. The van der Waals surface area contributed by atoms with Crippen LogP contribution in [0.3, 0.4) is 0 Å². The van der Waals surface area contributed by atoms with Crippen LogP contribution in [0.4, 0.5) is 20.6 Å². The third kappa shape index (κ3) is 3.45. The van der Waals surface area contributed by atoms with Crippen LogP contribution in [0, 0.1) is 12.7 Å². The highest BCUT2D eigenvalue weighted by Gasteiger charge is 2.04. The van der Waals surface area contributed by atoms with Gasteiger partial charge in [-0.3, -0.25) is 0 Å². The fourth-order valence-corrected chi connectivity index (χ4v) is 1.55. The van der Waals surface area contributed by atoms with Gasteiger partial charge in [0.15, 0.2) is 0 Å². The minimum Gasteiger partial charge on any atom is -0.508 e. The van der Waals surface area contributed by atoms with Gasteiger partial charge in [0, 0.05) is 17.4 Å². The van der Waals surface area contributed by atoms with Crippen molar-refractivity contribution in [1.29, 1.82) is 0 Å². The van der Waals surface area contributed by atoms with Gasteiger partial charge in [0.1, 0.15) is 11.6 Å². The Hall–Kier alpha value is -2.56. The van der Waals surface area contributed by atoms with E-state index < -0.39 is 11.8 Å². The first kappa shape index (κ1) is 12.9. The van der Waals surface area contributed by atoms with E-state index in [0.29, 0.717) is 11.4 Å². The molecule has 0 aliphatic carbocycles. The molecule has 0 heterocycles. The summed E-state index contributed by atoms with van der Waals surface area (Å²) in [7, 11) is 0. The Morgan fingerprint density at radius 1 is 1.11 bits per heavy atom. The maximum atomic E-state index is 12.9. The summed E-state index contributed by atoms with van der Waals surface area (Å²) in [4.78, 5) is 11.7. The number of amides is 2. The maximum Gasteiger partial charge on any atom is 0.323 e. The molecule has 0 spiro atoms. The van der Waals surface area contributed by atoms with E-state index in [9.17, 15) is 14.3 Å². The summed E-state index contributed by atoms with van der Waals surface area (Å²) < 4.78 is 12.9. The van der Waals surface area contributed by atoms with Crippen LogP contribution < -0.4 is 10.6 Å². The van der Waals surface area contributed by atoms with Crippen LogP contribution in [0.15, 0.2) is 42.5 Å². The van der Waals surface area contributed by atoms with Crippen molar-refractivity contribution in [3.63, 3.8) is 0 Å². The largest absolute Gasteiger partial charge is 0.508 e. The molecule has 0 bridgehead atoms. The number of phenols is 1. The number of carbonyl (C=O) groups excluding carboxylic acids is 1. The lowest BCUT2D eigenvalue weighted by Crippen LogP contribution is -2.19. The van der Waals surface area contributed by atoms with E-state index >= 15 is 0 Å². The Morgan fingerprint density at radius 3 is 2.42 bits per heavy atom. The van der Waals surface area contributed by atoms with E-state index in [1.165, 1.54) is 24.3 Å². The average Bonchev–Trinajstić information content (AvgIpc) is 2.34.